The van der Waals surface area contributed by atoms with Crippen LogP contribution in [0.4, 0.5) is 11.4 Å². The monoisotopic (exact) mass is 244 g/mol. The summed E-state index contributed by atoms with van der Waals surface area (Å²) < 4.78 is 0. The van der Waals surface area contributed by atoms with Crippen molar-refractivity contribution in [2.75, 3.05) is 5.32 Å². The molecule has 0 aliphatic carbocycles. The molecule has 2 aromatic rings. The van der Waals surface area contributed by atoms with E-state index in [9.17, 15) is 10.1 Å². The lowest BCUT2D eigenvalue weighted by atomic mass is 10.2. The fourth-order valence-electron chi connectivity index (χ4n) is 1.57. The van der Waals surface area contributed by atoms with E-state index in [0.29, 0.717) is 6.54 Å². The Hall–Kier alpha value is -2.50. The lowest BCUT2D eigenvalue weighted by Crippen LogP contribution is -2.03. The molecular weight excluding hydrogens is 232 g/mol. The number of nitro benzene ring substituents is 1. The van der Waals surface area contributed by atoms with Gasteiger partial charge in [-0.25, -0.2) is 0 Å². The van der Waals surface area contributed by atoms with E-state index in [4.69, 9.17) is 0 Å². The summed E-state index contributed by atoms with van der Waals surface area (Å²) in [7, 11) is 0. The summed E-state index contributed by atoms with van der Waals surface area (Å²) in [6.45, 7) is 2.36. The molecule has 0 aliphatic rings. The normalized spacial score (nSPS) is 10.1. The number of non-ortho nitro benzene ring substituents is 1. The fourth-order valence-corrected chi connectivity index (χ4v) is 1.57. The van der Waals surface area contributed by atoms with Crippen molar-refractivity contribution in [1.82, 2.24) is 10.2 Å². The van der Waals surface area contributed by atoms with Gasteiger partial charge in [0, 0.05) is 24.0 Å². The zero-order chi connectivity index (χ0) is 13.0. The summed E-state index contributed by atoms with van der Waals surface area (Å²) in [6.07, 6.45) is 1.61. The van der Waals surface area contributed by atoms with Crippen molar-refractivity contribution in [3.63, 3.8) is 0 Å². The molecule has 0 saturated carbocycles. The Bertz CT molecular complexity index is 557. The number of aromatic nitrogens is 2. The molecule has 0 radical (unpaired) electrons. The Kier molecular flexibility index (Phi) is 3.47. The number of anilines is 1. The van der Waals surface area contributed by atoms with Crippen LogP contribution >= 0.6 is 0 Å². The molecule has 0 aliphatic heterocycles. The second kappa shape index (κ2) is 5.22. The van der Waals surface area contributed by atoms with Crippen molar-refractivity contribution in [2.24, 2.45) is 0 Å². The third-order valence-electron chi connectivity index (χ3n) is 2.51. The van der Waals surface area contributed by atoms with E-state index in [-0.39, 0.29) is 5.69 Å². The summed E-state index contributed by atoms with van der Waals surface area (Å²) in [5, 5.41) is 21.5. The van der Waals surface area contributed by atoms with Crippen molar-refractivity contribution < 1.29 is 4.92 Å². The van der Waals surface area contributed by atoms with Gasteiger partial charge in [0.25, 0.3) is 5.69 Å². The van der Waals surface area contributed by atoms with Crippen LogP contribution in [-0.4, -0.2) is 15.1 Å². The highest BCUT2D eigenvalue weighted by Crippen LogP contribution is 2.21. The fraction of sp³-hybridized carbons (Fsp3) is 0.167. The molecule has 1 heterocycles. The number of nitrogens with one attached hydrogen (secondary N) is 1. The maximum absolute atomic E-state index is 10.6. The summed E-state index contributed by atoms with van der Waals surface area (Å²) in [6, 6.07) is 8.39. The first-order chi connectivity index (χ1) is 8.66. The second-order valence-electron chi connectivity index (χ2n) is 3.82. The summed E-state index contributed by atoms with van der Waals surface area (Å²) in [4.78, 5) is 10.2. The molecule has 6 heteroatoms. The third kappa shape index (κ3) is 2.79. The van der Waals surface area contributed by atoms with Crippen LogP contribution in [-0.2, 0) is 6.54 Å². The molecular formula is C12H12N4O2. The molecule has 0 saturated heterocycles. The maximum atomic E-state index is 10.6. The number of rotatable bonds is 4. The van der Waals surface area contributed by atoms with Gasteiger partial charge in [0.2, 0.25) is 0 Å². The number of hydrogen-bond donors (Lipinski definition) is 1. The average Bonchev–Trinajstić information content (AvgIpc) is 2.38. The third-order valence-corrected chi connectivity index (χ3v) is 2.51. The predicted molar refractivity (Wildman–Crippen MR) is 67.2 cm³/mol. The Labute approximate surface area is 104 Å². The van der Waals surface area contributed by atoms with E-state index in [1.807, 2.05) is 19.1 Å². The van der Waals surface area contributed by atoms with Gasteiger partial charge in [0.05, 0.1) is 17.2 Å². The lowest BCUT2D eigenvalue weighted by molar-refractivity contribution is -0.384. The van der Waals surface area contributed by atoms with Crippen LogP contribution in [0.3, 0.4) is 0 Å². The number of nitro groups is 1. The molecule has 2 rings (SSSR count). The van der Waals surface area contributed by atoms with Gasteiger partial charge in [-0.1, -0.05) is 0 Å². The smallest absolute Gasteiger partial charge is 0.269 e. The van der Waals surface area contributed by atoms with Crippen molar-refractivity contribution in [1.29, 1.82) is 0 Å². The van der Waals surface area contributed by atoms with Crippen LogP contribution < -0.4 is 5.32 Å². The average molecular weight is 244 g/mol. The Morgan fingerprint density at radius 1 is 1.39 bits per heavy atom. The van der Waals surface area contributed by atoms with Crippen LogP contribution in [0.5, 0.6) is 0 Å². The number of hydrogen-bond acceptors (Lipinski definition) is 5. The maximum Gasteiger partial charge on any atom is 0.269 e. The molecule has 0 atom stereocenters. The van der Waals surface area contributed by atoms with Gasteiger partial charge < -0.3 is 5.32 Å². The SMILES string of the molecule is Cc1cc([N+](=O)[O-])ccc1NCc1cccnn1. The summed E-state index contributed by atoms with van der Waals surface area (Å²) in [5.41, 5.74) is 2.59. The van der Waals surface area contributed by atoms with Gasteiger partial charge in [0.1, 0.15) is 0 Å². The largest absolute Gasteiger partial charge is 0.379 e. The van der Waals surface area contributed by atoms with E-state index < -0.39 is 4.92 Å². The number of nitrogens with zero attached hydrogens (tertiary/aromatic N) is 3. The highest BCUT2D eigenvalue weighted by molar-refractivity contribution is 5.55. The van der Waals surface area contributed by atoms with Gasteiger partial charge in [-0.3, -0.25) is 10.1 Å². The number of benzene rings is 1. The Morgan fingerprint density at radius 2 is 2.22 bits per heavy atom. The lowest BCUT2D eigenvalue weighted by Gasteiger charge is -2.08. The molecule has 1 N–H and O–H groups in total. The van der Waals surface area contributed by atoms with Crippen LogP contribution in [0, 0.1) is 17.0 Å². The first-order valence-electron chi connectivity index (χ1n) is 5.42. The van der Waals surface area contributed by atoms with Crippen molar-refractivity contribution in [3.8, 4) is 0 Å². The molecule has 1 aromatic carbocycles. The summed E-state index contributed by atoms with van der Waals surface area (Å²) >= 11 is 0. The zero-order valence-electron chi connectivity index (χ0n) is 9.83. The minimum Gasteiger partial charge on any atom is -0.379 e. The van der Waals surface area contributed by atoms with Crippen molar-refractivity contribution >= 4 is 11.4 Å². The molecule has 0 spiro atoms. The Balaban J connectivity index is 2.08. The zero-order valence-corrected chi connectivity index (χ0v) is 9.83. The molecule has 1 aromatic heterocycles. The Morgan fingerprint density at radius 3 is 2.83 bits per heavy atom. The predicted octanol–water partition coefficient (Wildman–Crippen LogP) is 2.31. The molecule has 92 valence electrons. The van der Waals surface area contributed by atoms with Gasteiger partial charge in [-0.15, -0.1) is 0 Å². The van der Waals surface area contributed by atoms with Crippen LogP contribution in [0.25, 0.3) is 0 Å². The van der Waals surface area contributed by atoms with Gasteiger partial charge in [0.15, 0.2) is 0 Å². The minimum absolute atomic E-state index is 0.0950. The first kappa shape index (κ1) is 12.0. The van der Waals surface area contributed by atoms with E-state index in [1.165, 1.54) is 6.07 Å². The molecule has 0 fully saturated rings. The minimum atomic E-state index is -0.403. The topological polar surface area (TPSA) is 81.0 Å². The van der Waals surface area contributed by atoms with Crippen LogP contribution in [0.1, 0.15) is 11.3 Å². The van der Waals surface area contributed by atoms with Crippen molar-refractivity contribution in [3.05, 3.63) is 57.9 Å². The second-order valence-corrected chi connectivity index (χ2v) is 3.82. The quantitative estimate of drug-likeness (QED) is 0.659. The highest BCUT2D eigenvalue weighted by Gasteiger charge is 2.07. The van der Waals surface area contributed by atoms with Gasteiger partial charge >= 0.3 is 0 Å². The molecule has 0 amide bonds. The van der Waals surface area contributed by atoms with Crippen LogP contribution in [0.2, 0.25) is 0 Å². The van der Waals surface area contributed by atoms with E-state index in [0.717, 1.165) is 16.9 Å². The molecule has 0 bridgehead atoms. The van der Waals surface area contributed by atoms with Gasteiger partial charge in [-0.2, -0.15) is 10.2 Å². The van der Waals surface area contributed by atoms with Crippen molar-refractivity contribution in [2.45, 2.75) is 13.5 Å². The molecule has 6 nitrogen and oxygen atoms in total. The van der Waals surface area contributed by atoms with E-state index in [2.05, 4.69) is 15.5 Å². The highest BCUT2D eigenvalue weighted by atomic mass is 16.6. The van der Waals surface area contributed by atoms with E-state index >= 15 is 0 Å². The molecule has 0 unspecified atom stereocenters. The van der Waals surface area contributed by atoms with E-state index in [1.54, 1.807) is 18.3 Å². The molecule has 18 heavy (non-hydrogen) atoms. The first-order valence-corrected chi connectivity index (χ1v) is 5.42. The van der Waals surface area contributed by atoms with Crippen LogP contribution in [0.15, 0.2) is 36.5 Å². The number of aryl methyl sites for hydroxylation is 1. The van der Waals surface area contributed by atoms with Gasteiger partial charge in [-0.05, 0) is 30.7 Å². The standard InChI is InChI=1S/C12H12N4O2/c1-9-7-11(16(17)18)4-5-12(9)13-8-10-3-2-6-14-15-10/h2-7,13H,8H2,1H3. The summed E-state index contributed by atoms with van der Waals surface area (Å²) in [5.74, 6) is 0.